The molecule has 0 saturated heterocycles. The second-order valence-corrected chi connectivity index (χ2v) is 4.79. The molecule has 0 fully saturated rings. The quantitative estimate of drug-likeness (QED) is 0.820. The number of carbonyl (C=O) groups is 2. The van der Waals surface area contributed by atoms with Gasteiger partial charge in [-0.2, -0.15) is 0 Å². The fourth-order valence-electron chi connectivity index (χ4n) is 1.86. The third kappa shape index (κ3) is 4.60. The minimum absolute atomic E-state index is 0.139. The Balaban J connectivity index is 0.000000239. The van der Waals surface area contributed by atoms with Crippen molar-refractivity contribution < 1.29 is 9.59 Å². The highest BCUT2D eigenvalue weighted by molar-refractivity contribution is 5.88. The molecule has 6 heteroatoms. The van der Waals surface area contributed by atoms with Gasteiger partial charge in [0.25, 0.3) is 0 Å². The number of nitrogens with zero attached hydrogens (tertiary/aromatic N) is 2. The smallest absolute Gasteiger partial charge is 0.236 e. The summed E-state index contributed by atoms with van der Waals surface area (Å²) in [5.74, 6) is 0.139. The topological polar surface area (TPSA) is 66.4 Å². The van der Waals surface area contributed by atoms with Crippen LogP contribution < -0.4 is 10.6 Å². The second kappa shape index (κ2) is 8.84. The lowest BCUT2D eigenvalue weighted by Crippen LogP contribution is -2.33. The number of likely N-dealkylation sites (N-methyl/N-ethyl adjacent to an activating group) is 2. The van der Waals surface area contributed by atoms with Crippen molar-refractivity contribution in [3.63, 3.8) is 0 Å². The summed E-state index contributed by atoms with van der Waals surface area (Å²) < 4.78 is 1.57. The summed E-state index contributed by atoms with van der Waals surface area (Å²) in [6.07, 6.45) is 2.57. The number of amides is 1. The average Bonchev–Trinajstić information content (AvgIpc) is 2.96. The van der Waals surface area contributed by atoms with Crippen LogP contribution in [0.5, 0.6) is 0 Å². The van der Waals surface area contributed by atoms with Gasteiger partial charge >= 0.3 is 0 Å². The molecule has 1 amide bonds. The molecule has 22 heavy (non-hydrogen) atoms. The zero-order valence-electron chi connectivity index (χ0n) is 13.6. The summed E-state index contributed by atoms with van der Waals surface area (Å²) >= 11 is 0. The molecular formula is C16H24N4O2. The van der Waals surface area contributed by atoms with Crippen molar-refractivity contribution in [3.05, 3.63) is 30.5 Å². The van der Waals surface area contributed by atoms with Gasteiger partial charge in [0.2, 0.25) is 12.3 Å². The van der Waals surface area contributed by atoms with E-state index in [0.29, 0.717) is 6.54 Å². The third-order valence-corrected chi connectivity index (χ3v) is 3.35. The van der Waals surface area contributed by atoms with Crippen LogP contribution in [-0.2, 0) is 9.59 Å². The van der Waals surface area contributed by atoms with Gasteiger partial charge in [-0.05, 0) is 32.2 Å². The molecule has 0 unspecified atom stereocenters. The summed E-state index contributed by atoms with van der Waals surface area (Å²) in [4.78, 5) is 23.1. The fraction of sp³-hybridized carbons (Fsp3) is 0.375. The van der Waals surface area contributed by atoms with E-state index in [2.05, 4.69) is 10.6 Å². The van der Waals surface area contributed by atoms with E-state index in [1.165, 1.54) is 0 Å². The molecule has 0 saturated carbocycles. The van der Waals surface area contributed by atoms with E-state index in [1.54, 1.807) is 29.8 Å². The number of hydrogen-bond acceptors (Lipinski definition) is 4. The Morgan fingerprint density at radius 3 is 2.59 bits per heavy atom. The van der Waals surface area contributed by atoms with E-state index in [0.717, 1.165) is 29.5 Å². The Morgan fingerprint density at radius 1 is 1.32 bits per heavy atom. The van der Waals surface area contributed by atoms with Crippen LogP contribution in [0, 0.1) is 0 Å². The first-order valence-electron chi connectivity index (χ1n) is 7.19. The number of anilines is 1. The summed E-state index contributed by atoms with van der Waals surface area (Å²) in [6.45, 7) is 3.17. The molecule has 120 valence electrons. The molecule has 0 aliphatic heterocycles. The fourth-order valence-corrected chi connectivity index (χ4v) is 1.86. The molecule has 0 spiro atoms. The maximum absolute atomic E-state index is 10.8. The van der Waals surface area contributed by atoms with E-state index in [1.807, 2.05) is 38.2 Å². The van der Waals surface area contributed by atoms with Gasteiger partial charge in [-0.3, -0.25) is 14.2 Å². The summed E-state index contributed by atoms with van der Waals surface area (Å²) in [5.41, 5.74) is 1.94. The normalized spacial score (nSPS) is 9.82. The molecular weight excluding hydrogens is 280 g/mol. The van der Waals surface area contributed by atoms with Crippen LogP contribution >= 0.6 is 0 Å². The molecule has 1 heterocycles. The Morgan fingerprint density at radius 2 is 2.05 bits per heavy atom. The largest absolute Gasteiger partial charge is 0.388 e. The van der Waals surface area contributed by atoms with Crippen LogP contribution in [0.1, 0.15) is 6.92 Å². The maximum Gasteiger partial charge on any atom is 0.236 e. The van der Waals surface area contributed by atoms with Crippen molar-refractivity contribution in [2.75, 3.05) is 39.5 Å². The number of aromatic nitrogens is 1. The number of fused-ring (bicyclic) bond motifs is 1. The van der Waals surface area contributed by atoms with Crippen LogP contribution in [0.3, 0.4) is 0 Å². The van der Waals surface area contributed by atoms with Gasteiger partial charge in [-0.1, -0.05) is 6.07 Å². The first kappa shape index (κ1) is 17.7. The van der Waals surface area contributed by atoms with Gasteiger partial charge in [0.15, 0.2) is 0 Å². The zero-order chi connectivity index (χ0) is 16.5. The van der Waals surface area contributed by atoms with E-state index < -0.39 is 0 Å². The summed E-state index contributed by atoms with van der Waals surface area (Å²) in [5, 5.41) is 6.90. The second-order valence-electron chi connectivity index (χ2n) is 4.79. The lowest BCUT2D eigenvalue weighted by atomic mass is 10.2. The molecule has 0 atom stereocenters. The van der Waals surface area contributed by atoms with Crippen LogP contribution in [0.4, 0.5) is 5.69 Å². The van der Waals surface area contributed by atoms with Gasteiger partial charge in [0.1, 0.15) is 0 Å². The van der Waals surface area contributed by atoms with Crippen molar-refractivity contribution in [2.45, 2.75) is 6.92 Å². The lowest BCUT2D eigenvalue weighted by molar-refractivity contribution is -0.128. The SMILES string of the molecule is CCN(C)C(=O)CNC.CNc1ccc2ccn(C=O)c2c1. The number of rotatable bonds is 5. The maximum atomic E-state index is 10.8. The molecule has 2 rings (SSSR count). The van der Waals surface area contributed by atoms with E-state index in [9.17, 15) is 9.59 Å². The summed E-state index contributed by atoms with van der Waals surface area (Å²) in [7, 11) is 5.41. The van der Waals surface area contributed by atoms with E-state index in [-0.39, 0.29) is 5.91 Å². The molecule has 2 aromatic rings. The highest BCUT2D eigenvalue weighted by atomic mass is 16.2. The molecule has 0 radical (unpaired) electrons. The van der Waals surface area contributed by atoms with Crippen molar-refractivity contribution in [1.82, 2.24) is 14.8 Å². The Hall–Kier alpha value is -2.34. The lowest BCUT2D eigenvalue weighted by Gasteiger charge is -2.13. The highest BCUT2D eigenvalue weighted by Gasteiger charge is 2.02. The Labute approximate surface area is 131 Å². The predicted molar refractivity (Wildman–Crippen MR) is 90.9 cm³/mol. The summed E-state index contributed by atoms with van der Waals surface area (Å²) in [6, 6.07) is 7.84. The Kier molecular flexibility index (Phi) is 7.12. The van der Waals surface area contributed by atoms with Crippen molar-refractivity contribution in [1.29, 1.82) is 0 Å². The molecule has 1 aromatic heterocycles. The van der Waals surface area contributed by atoms with Gasteiger partial charge < -0.3 is 15.5 Å². The van der Waals surface area contributed by atoms with Gasteiger partial charge in [0, 0.05) is 37.9 Å². The molecule has 2 N–H and O–H groups in total. The number of hydrogen-bond donors (Lipinski definition) is 2. The van der Waals surface area contributed by atoms with Crippen molar-refractivity contribution in [3.8, 4) is 0 Å². The monoisotopic (exact) mass is 304 g/mol. The van der Waals surface area contributed by atoms with Gasteiger partial charge in [-0.15, -0.1) is 0 Å². The van der Waals surface area contributed by atoms with Crippen LogP contribution in [0.15, 0.2) is 30.5 Å². The molecule has 0 aliphatic carbocycles. The molecule has 0 aliphatic rings. The van der Waals surface area contributed by atoms with Gasteiger partial charge in [0.05, 0.1) is 12.1 Å². The zero-order valence-corrected chi connectivity index (χ0v) is 13.6. The van der Waals surface area contributed by atoms with Crippen LogP contribution in [0.25, 0.3) is 10.9 Å². The molecule has 1 aromatic carbocycles. The van der Waals surface area contributed by atoms with Crippen molar-refractivity contribution in [2.24, 2.45) is 0 Å². The van der Waals surface area contributed by atoms with Crippen LogP contribution in [0.2, 0.25) is 0 Å². The van der Waals surface area contributed by atoms with Crippen LogP contribution in [-0.4, -0.2) is 56.0 Å². The van der Waals surface area contributed by atoms with Crippen molar-refractivity contribution >= 4 is 28.9 Å². The molecule has 6 nitrogen and oxygen atoms in total. The van der Waals surface area contributed by atoms with E-state index in [4.69, 9.17) is 0 Å². The minimum atomic E-state index is 0.139. The van der Waals surface area contributed by atoms with Gasteiger partial charge in [-0.25, -0.2) is 0 Å². The molecule has 0 bridgehead atoms. The average molecular weight is 304 g/mol. The third-order valence-electron chi connectivity index (χ3n) is 3.35. The Bertz CT molecular complexity index is 622. The number of benzene rings is 1. The first-order valence-corrected chi connectivity index (χ1v) is 7.19. The first-order chi connectivity index (χ1) is 10.6. The highest BCUT2D eigenvalue weighted by Crippen LogP contribution is 2.18. The predicted octanol–water partition coefficient (Wildman–Crippen LogP) is 1.41. The minimum Gasteiger partial charge on any atom is -0.388 e. The standard InChI is InChI=1S/C10H10N2O.C6H14N2O/c1-11-9-3-2-8-4-5-12(7-13)10(8)6-9;1-4-8(3)6(9)5-7-2/h2-7,11H,1H3;7H,4-5H2,1-3H3. The number of carbonyl (C=O) groups excluding carboxylic acids is 2. The van der Waals surface area contributed by atoms with E-state index >= 15 is 0 Å². The number of nitrogens with one attached hydrogen (secondary N) is 2.